The van der Waals surface area contributed by atoms with Crippen LogP contribution in [-0.4, -0.2) is 19.6 Å². The fraction of sp³-hybridized carbons (Fsp3) is 1.00. The van der Waals surface area contributed by atoms with Crippen molar-refractivity contribution in [1.82, 2.24) is 5.32 Å². The Balaban J connectivity index is 2.30. The molecule has 1 rings (SSSR count). The SMILES string of the molecule is CC(CN)C1CCCCNC1. The molecule has 66 valence electrons. The first-order chi connectivity index (χ1) is 5.34. The van der Waals surface area contributed by atoms with Crippen LogP contribution >= 0.6 is 0 Å². The van der Waals surface area contributed by atoms with E-state index < -0.39 is 0 Å². The molecule has 3 N–H and O–H groups in total. The third-order valence-electron chi connectivity index (χ3n) is 2.76. The van der Waals surface area contributed by atoms with Gasteiger partial charge in [-0.05, 0) is 44.3 Å². The van der Waals surface area contributed by atoms with Crippen molar-refractivity contribution in [3.8, 4) is 0 Å². The predicted molar refractivity (Wildman–Crippen MR) is 48.4 cm³/mol. The first kappa shape index (κ1) is 9.01. The number of nitrogens with one attached hydrogen (secondary N) is 1. The Morgan fingerprint density at radius 1 is 1.55 bits per heavy atom. The van der Waals surface area contributed by atoms with Crippen LogP contribution in [-0.2, 0) is 0 Å². The van der Waals surface area contributed by atoms with Crippen LogP contribution in [0, 0.1) is 11.8 Å². The molecule has 0 aliphatic carbocycles. The molecule has 2 heteroatoms. The largest absolute Gasteiger partial charge is 0.330 e. The van der Waals surface area contributed by atoms with Gasteiger partial charge in [-0.25, -0.2) is 0 Å². The summed E-state index contributed by atoms with van der Waals surface area (Å²) in [4.78, 5) is 0. The monoisotopic (exact) mass is 156 g/mol. The second-order valence-electron chi connectivity index (χ2n) is 3.67. The minimum absolute atomic E-state index is 0.695. The number of hydrogen-bond acceptors (Lipinski definition) is 2. The lowest BCUT2D eigenvalue weighted by atomic mass is 9.90. The van der Waals surface area contributed by atoms with Gasteiger partial charge in [-0.15, -0.1) is 0 Å². The second kappa shape index (κ2) is 4.73. The fourth-order valence-corrected chi connectivity index (χ4v) is 1.72. The smallest absolute Gasteiger partial charge is 0.00175 e. The highest BCUT2D eigenvalue weighted by Crippen LogP contribution is 2.18. The first-order valence-corrected chi connectivity index (χ1v) is 4.75. The third-order valence-corrected chi connectivity index (χ3v) is 2.76. The summed E-state index contributed by atoms with van der Waals surface area (Å²) in [5, 5.41) is 3.46. The van der Waals surface area contributed by atoms with Gasteiger partial charge >= 0.3 is 0 Å². The molecule has 0 bridgehead atoms. The van der Waals surface area contributed by atoms with Crippen LogP contribution in [0.15, 0.2) is 0 Å². The summed E-state index contributed by atoms with van der Waals surface area (Å²) in [6.45, 7) is 5.48. The summed E-state index contributed by atoms with van der Waals surface area (Å²) in [6.07, 6.45) is 4.08. The average molecular weight is 156 g/mol. The van der Waals surface area contributed by atoms with Crippen molar-refractivity contribution in [3.63, 3.8) is 0 Å². The first-order valence-electron chi connectivity index (χ1n) is 4.75. The van der Waals surface area contributed by atoms with E-state index in [1.54, 1.807) is 0 Å². The fourth-order valence-electron chi connectivity index (χ4n) is 1.72. The Bertz CT molecular complexity index is 95.7. The van der Waals surface area contributed by atoms with E-state index in [0.717, 1.165) is 12.5 Å². The lowest BCUT2D eigenvalue weighted by Crippen LogP contribution is -2.28. The zero-order chi connectivity index (χ0) is 8.10. The molecule has 2 unspecified atom stereocenters. The average Bonchev–Trinajstić information content (AvgIpc) is 2.30. The molecule has 0 saturated carbocycles. The molecule has 1 fully saturated rings. The molecule has 11 heavy (non-hydrogen) atoms. The van der Waals surface area contributed by atoms with Crippen molar-refractivity contribution < 1.29 is 0 Å². The Morgan fingerprint density at radius 2 is 2.36 bits per heavy atom. The molecule has 1 aliphatic rings. The van der Waals surface area contributed by atoms with E-state index in [4.69, 9.17) is 5.73 Å². The van der Waals surface area contributed by atoms with Crippen molar-refractivity contribution in [3.05, 3.63) is 0 Å². The summed E-state index contributed by atoms with van der Waals surface area (Å²) < 4.78 is 0. The van der Waals surface area contributed by atoms with E-state index in [1.165, 1.54) is 32.4 Å². The van der Waals surface area contributed by atoms with E-state index in [0.29, 0.717) is 5.92 Å². The summed E-state index contributed by atoms with van der Waals surface area (Å²) in [7, 11) is 0. The Labute approximate surface area is 69.5 Å². The molecule has 2 nitrogen and oxygen atoms in total. The van der Waals surface area contributed by atoms with Gasteiger partial charge in [0.25, 0.3) is 0 Å². The van der Waals surface area contributed by atoms with Gasteiger partial charge in [0, 0.05) is 0 Å². The highest BCUT2D eigenvalue weighted by molar-refractivity contribution is 4.72. The van der Waals surface area contributed by atoms with Crippen LogP contribution in [0.1, 0.15) is 26.2 Å². The van der Waals surface area contributed by atoms with Crippen LogP contribution in [0.5, 0.6) is 0 Å². The van der Waals surface area contributed by atoms with Gasteiger partial charge < -0.3 is 11.1 Å². The van der Waals surface area contributed by atoms with Crippen LogP contribution in [0.2, 0.25) is 0 Å². The molecule has 1 heterocycles. The van der Waals surface area contributed by atoms with E-state index in [-0.39, 0.29) is 0 Å². The summed E-state index contributed by atoms with van der Waals surface area (Å²) >= 11 is 0. The van der Waals surface area contributed by atoms with E-state index in [1.807, 2.05) is 0 Å². The van der Waals surface area contributed by atoms with Gasteiger partial charge in [-0.2, -0.15) is 0 Å². The highest BCUT2D eigenvalue weighted by Gasteiger charge is 2.16. The molecular formula is C9H20N2. The standard InChI is InChI=1S/C9H20N2/c1-8(6-10)9-4-2-3-5-11-7-9/h8-9,11H,2-7,10H2,1H3. The van der Waals surface area contributed by atoms with E-state index >= 15 is 0 Å². The molecule has 1 aliphatic heterocycles. The van der Waals surface area contributed by atoms with Crippen molar-refractivity contribution in [1.29, 1.82) is 0 Å². The second-order valence-corrected chi connectivity index (χ2v) is 3.67. The quantitative estimate of drug-likeness (QED) is 0.625. The van der Waals surface area contributed by atoms with E-state index in [2.05, 4.69) is 12.2 Å². The normalized spacial score (nSPS) is 29.5. The third kappa shape index (κ3) is 2.80. The number of hydrogen-bond donors (Lipinski definition) is 2. The number of rotatable bonds is 2. The molecule has 0 aromatic carbocycles. The van der Waals surface area contributed by atoms with Gasteiger partial charge in [0.1, 0.15) is 0 Å². The van der Waals surface area contributed by atoms with Crippen molar-refractivity contribution in [2.75, 3.05) is 19.6 Å². The molecule has 0 aromatic heterocycles. The molecule has 1 saturated heterocycles. The van der Waals surface area contributed by atoms with Crippen molar-refractivity contribution in [2.24, 2.45) is 17.6 Å². The lowest BCUT2D eigenvalue weighted by Gasteiger charge is -2.20. The topological polar surface area (TPSA) is 38.0 Å². The van der Waals surface area contributed by atoms with Crippen LogP contribution in [0.3, 0.4) is 0 Å². The molecule has 0 aromatic rings. The molecule has 2 atom stereocenters. The Kier molecular flexibility index (Phi) is 3.87. The molecular weight excluding hydrogens is 136 g/mol. The summed E-state index contributed by atoms with van der Waals surface area (Å²) in [6, 6.07) is 0. The zero-order valence-electron chi connectivity index (χ0n) is 7.47. The lowest BCUT2D eigenvalue weighted by molar-refractivity contribution is 0.342. The predicted octanol–water partition coefficient (Wildman–Crippen LogP) is 0.971. The maximum Gasteiger partial charge on any atom is -0.00175 e. The maximum atomic E-state index is 5.63. The van der Waals surface area contributed by atoms with Crippen LogP contribution in [0.4, 0.5) is 0 Å². The van der Waals surface area contributed by atoms with Crippen LogP contribution in [0.25, 0.3) is 0 Å². The van der Waals surface area contributed by atoms with Gasteiger partial charge in [-0.1, -0.05) is 13.3 Å². The molecule has 0 amide bonds. The minimum Gasteiger partial charge on any atom is -0.330 e. The minimum atomic E-state index is 0.695. The molecule has 0 radical (unpaired) electrons. The zero-order valence-corrected chi connectivity index (χ0v) is 7.47. The number of nitrogens with two attached hydrogens (primary N) is 1. The molecule has 0 spiro atoms. The van der Waals surface area contributed by atoms with Gasteiger partial charge in [-0.3, -0.25) is 0 Å². The van der Waals surface area contributed by atoms with Crippen LogP contribution < -0.4 is 11.1 Å². The van der Waals surface area contributed by atoms with E-state index in [9.17, 15) is 0 Å². The van der Waals surface area contributed by atoms with Crippen molar-refractivity contribution in [2.45, 2.75) is 26.2 Å². The summed E-state index contributed by atoms with van der Waals surface area (Å²) in [5.41, 5.74) is 5.63. The van der Waals surface area contributed by atoms with Gasteiger partial charge in [0.2, 0.25) is 0 Å². The highest BCUT2D eigenvalue weighted by atomic mass is 14.9. The van der Waals surface area contributed by atoms with Gasteiger partial charge in [0.15, 0.2) is 0 Å². The maximum absolute atomic E-state index is 5.63. The summed E-state index contributed by atoms with van der Waals surface area (Å²) in [5.74, 6) is 1.52. The Hall–Kier alpha value is -0.0800. The Morgan fingerprint density at radius 3 is 3.09 bits per heavy atom. The van der Waals surface area contributed by atoms with Crippen molar-refractivity contribution >= 4 is 0 Å². The van der Waals surface area contributed by atoms with Gasteiger partial charge in [0.05, 0.1) is 0 Å².